The molecule has 4 nitrogen and oxygen atoms in total. The number of hydrogen-bond donors (Lipinski definition) is 1. The highest BCUT2D eigenvalue weighted by atomic mass is 35.5. The topological polar surface area (TPSA) is 64.9 Å². The van der Waals surface area contributed by atoms with E-state index in [2.05, 4.69) is 10.1 Å². The number of nitrogens with two attached hydrogens (primary N) is 1. The van der Waals surface area contributed by atoms with Crippen molar-refractivity contribution in [1.29, 1.82) is 0 Å². The van der Waals surface area contributed by atoms with Crippen LogP contribution < -0.4 is 5.73 Å². The van der Waals surface area contributed by atoms with Gasteiger partial charge in [-0.3, -0.25) is 0 Å². The van der Waals surface area contributed by atoms with Crippen LogP contribution >= 0.6 is 24.2 Å². The van der Waals surface area contributed by atoms with Crippen LogP contribution in [0.5, 0.6) is 0 Å². The second-order valence-corrected chi connectivity index (χ2v) is 6.66. The largest absolute Gasteiger partial charge is 0.335 e. The molecule has 0 saturated heterocycles. The Morgan fingerprint density at radius 2 is 1.83 bits per heavy atom. The number of alkyl halides is 2. The minimum Gasteiger partial charge on any atom is -0.335 e. The number of thioether (sulfide) groups is 1. The van der Waals surface area contributed by atoms with Gasteiger partial charge in [-0.05, 0) is 36.6 Å². The molecule has 130 valence electrons. The predicted octanol–water partition coefficient (Wildman–Crippen LogP) is 4.70. The first-order valence-electron chi connectivity index (χ1n) is 7.41. The third kappa shape index (κ3) is 4.55. The number of hydrogen-bond acceptors (Lipinski definition) is 5. The Morgan fingerprint density at radius 3 is 2.46 bits per heavy atom. The van der Waals surface area contributed by atoms with Crippen molar-refractivity contribution in [3.05, 3.63) is 41.5 Å². The number of rotatable bonds is 5. The molecule has 0 bridgehead atoms. The Bertz CT molecular complexity index is 685. The number of halogens is 3. The molecular formula is C16H18ClF2N3OS. The highest BCUT2D eigenvalue weighted by Gasteiger charge is 2.35. The lowest BCUT2D eigenvalue weighted by Crippen LogP contribution is -2.34. The van der Waals surface area contributed by atoms with Crippen LogP contribution in [0, 0.1) is 0 Å². The van der Waals surface area contributed by atoms with E-state index in [9.17, 15) is 8.78 Å². The average Bonchev–Trinajstić information content (AvgIpc) is 3.16. The molecule has 1 saturated carbocycles. The van der Waals surface area contributed by atoms with E-state index in [0.717, 1.165) is 31.2 Å². The average molecular weight is 374 g/mol. The molecule has 3 rings (SSSR count). The van der Waals surface area contributed by atoms with Gasteiger partial charge in [0.25, 0.3) is 11.6 Å². The highest BCUT2D eigenvalue weighted by Crippen LogP contribution is 2.34. The molecule has 0 unspecified atom stereocenters. The zero-order valence-electron chi connectivity index (χ0n) is 12.8. The molecule has 1 aromatic heterocycles. The summed E-state index contributed by atoms with van der Waals surface area (Å²) in [5.74, 6) is -1.46. The maximum Gasteiger partial charge on any atom is 0.288 e. The summed E-state index contributed by atoms with van der Waals surface area (Å²) in [6.07, 6.45) is 7.41. The maximum absolute atomic E-state index is 12.3. The first kappa shape index (κ1) is 18.9. The second-order valence-electron chi connectivity index (χ2n) is 5.60. The van der Waals surface area contributed by atoms with Gasteiger partial charge >= 0.3 is 0 Å². The smallest absolute Gasteiger partial charge is 0.288 e. The minimum absolute atomic E-state index is 0. The third-order valence-corrected chi connectivity index (χ3v) is 4.63. The van der Waals surface area contributed by atoms with Gasteiger partial charge in [-0.2, -0.15) is 13.8 Å². The van der Waals surface area contributed by atoms with Crippen molar-refractivity contribution in [2.45, 2.75) is 41.9 Å². The Labute approximate surface area is 149 Å². The van der Waals surface area contributed by atoms with E-state index in [-0.39, 0.29) is 12.4 Å². The van der Waals surface area contributed by atoms with E-state index in [1.54, 1.807) is 36.4 Å². The summed E-state index contributed by atoms with van der Waals surface area (Å²) in [6, 6.07) is 6.84. The lowest BCUT2D eigenvalue weighted by molar-refractivity contribution is 0.252. The van der Waals surface area contributed by atoms with Gasteiger partial charge < -0.3 is 10.3 Å². The fourth-order valence-corrected chi connectivity index (χ4v) is 3.16. The van der Waals surface area contributed by atoms with Gasteiger partial charge in [0, 0.05) is 11.0 Å². The summed E-state index contributed by atoms with van der Waals surface area (Å²) in [5, 5.41) is 3.98. The quantitative estimate of drug-likeness (QED) is 0.769. The lowest BCUT2D eigenvalue weighted by atomic mass is 9.99. The van der Waals surface area contributed by atoms with Crippen LogP contribution in [-0.4, -0.2) is 15.9 Å². The van der Waals surface area contributed by atoms with E-state index < -0.39 is 11.3 Å². The van der Waals surface area contributed by atoms with Crippen LogP contribution in [0.15, 0.2) is 33.7 Å². The molecule has 1 aromatic carbocycles. The van der Waals surface area contributed by atoms with Crippen LogP contribution in [0.1, 0.15) is 43.0 Å². The SMILES string of the molecule is Cl.NC1(c2noc(/C=C/c3ccc(SC(F)F)cc3)n2)CCCC1. The molecule has 1 heterocycles. The third-order valence-electron chi connectivity index (χ3n) is 3.91. The Morgan fingerprint density at radius 1 is 1.17 bits per heavy atom. The van der Waals surface area contributed by atoms with E-state index in [0.29, 0.717) is 28.4 Å². The summed E-state index contributed by atoms with van der Waals surface area (Å²) in [6.45, 7) is 0. The summed E-state index contributed by atoms with van der Waals surface area (Å²) >= 11 is 0.526. The molecule has 0 atom stereocenters. The molecule has 8 heteroatoms. The second kappa shape index (κ2) is 8.09. The van der Waals surface area contributed by atoms with E-state index in [1.807, 2.05) is 0 Å². The number of aromatic nitrogens is 2. The summed E-state index contributed by atoms with van der Waals surface area (Å²) in [4.78, 5) is 4.87. The van der Waals surface area contributed by atoms with Crippen molar-refractivity contribution in [2.24, 2.45) is 5.73 Å². The number of benzene rings is 1. The van der Waals surface area contributed by atoms with Crippen LogP contribution in [0.25, 0.3) is 12.2 Å². The van der Waals surface area contributed by atoms with Crippen molar-refractivity contribution < 1.29 is 13.3 Å². The van der Waals surface area contributed by atoms with Crippen LogP contribution in [0.4, 0.5) is 8.78 Å². The molecular weight excluding hydrogens is 356 g/mol. The standard InChI is InChI=1S/C16H17F2N3OS.ClH/c17-15(18)23-12-6-3-11(4-7-12)5-8-13-20-14(21-22-13)16(19)9-1-2-10-16;/h3-8,15H,1-2,9-10,19H2;1H/b8-5+;. The zero-order valence-corrected chi connectivity index (χ0v) is 14.5. The van der Waals surface area contributed by atoms with Crippen LogP contribution in [-0.2, 0) is 5.54 Å². The first-order chi connectivity index (χ1) is 11.0. The van der Waals surface area contributed by atoms with Crippen molar-refractivity contribution in [1.82, 2.24) is 10.1 Å². The Balaban J connectivity index is 0.00000208. The first-order valence-corrected chi connectivity index (χ1v) is 8.29. The maximum atomic E-state index is 12.3. The van der Waals surface area contributed by atoms with Gasteiger partial charge in [-0.15, -0.1) is 12.4 Å². The van der Waals surface area contributed by atoms with Crippen LogP contribution in [0.3, 0.4) is 0 Å². The molecule has 0 aliphatic heterocycles. The van der Waals surface area contributed by atoms with Gasteiger partial charge in [0.1, 0.15) is 0 Å². The van der Waals surface area contributed by atoms with E-state index in [1.165, 1.54) is 0 Å². The van der Waals surface area contributed by atoms with Crippen molar-refractivity contribution >= 4 is 36.3 Å². The molecule has 0 radical (unpaired) electrons. The van der Waals surface area contributed by atoms with Gasteiger partial charge in [0.15, 0.2) is 5.82 Å². The summed E-state index contributed by atoms with van der Waals surface area (Å²) < 4.78 is 29.7. The minimum atomic E-state index is -2.41. The van der Waals surface area contributed by atoms with E-state index >= 15 is 0 Å². The Kier molecular flexibility index (Phi) is 6.37. The fourth-order valence-electron chi connectivity index (χ4n) is 2.66. The summed E-state index contributed by atoms with van der Waals surface area (Å²) in [5.41, 5.74) is 6.68. The molecule has 1 aliphatic carbocycles. The molecule has 1 fully saturated rings. The van der Waals surface area contributed by atoms with Gasteiger partial charge in [0.2, 0.25) is 0 Å². The molecule has 0 amide bonds. The van der Waals surface area contributed by atoms with Gasteiger partial charge in [-0.1, -0.05) is 41.9 Å². The molecule has 2 aromatic rings. The van der Waals surface area contributed by atoms with E-state index in [4.69, 9.17) is 10.3 Å². The van der Waals surface area contributed by atoms with Crippen molar-refractivity contribution in [3.63, 3.8) is 0 Å². The van der Waals surface area contributed by atoms with Gasteiger partial charge in [0.05, 0.1) is 5.54 Å². The van der Waals surface area contributed by atoms with Crippen molar-refractivity contribution in [3.8, 4) is 0 Å². The van der Waals surface area contributed by atoms with Crippen molar-refractivity contribution in [2.75, 3.05) is 0 Å². The normalized spacial score (nSPS) is 16.7. The molecule has 24 heavy (non-hydrogen) atoms. The monoisotopic (exact) mass is 373 g/mol. The van der Waals surface area contributed by atoms with Crippen LogP contribution in [0.2, 0.25) is 0 Å². The van der Waals surface area contributed by atoms with Gasteiger partial charge in [-0.25, -0.2) is 0 Å². The highest BCUT2D eigenvalue weighted by molar-refractivity contribution is 7.99. The molecule has 1 aliphatic rings. The number of nitrogens with zero attached hydrogens (tertiary/aromatic N) is 2. The lowest BCUT2D eigenvalue weighted by Gasteiger charge is -2.17. The summed E-state index contributed by atoms with van der Waals surface area (Å²) in [7, 11) is 0. The zero-order chi connectivity index (χ0) is 16.3. The fraction of sp³-hybridized carbons (Fsp3) is 0.375. The Hall–Kier alpha value is -1.44. The predicted molar refractivity (Wildman–Crippen MR) is 93.1 cm³/mol. The molecule has 2 N–H and O–H groups in total. The molecule has 0 spiro atoms.